The highest BCUT2D eigenvalue weighted by atomic mass is 16.2. The van der Waals surface area contributed by atoms with Crippen LogP contribution in [0.1, 0.15) is 12.0 Å². The van der Waals surface area contributed by atoms with E-state index in [2.05, 4.69) is 25.2 Å². The lowest BCUT2D eigenvalue weighted by atomic mass is 10.1. The fourth-order valence-corrected chi connectivity index (χ4v) is 4.96. The SMILES string of the molecule is Cc1ccc(N2C[C@H](C(=O)N3CCN(c4ncnc5c4nnn5-c4ccccc4)CC3)CC2=O)cc1. The van der Waals surface area contributed by atoms with E-state index in [0.29, 0.717) is 43.9 Å². The third kappa shape index (κ3) is 3.94. The Labute approximate surface area is 208 Å². The molecule has 2 amide bonds. The fourth-order valence-electron chi connectivity index (χ4n) is 4.96. The van der Waals surface area contributed by atoms with Gasteiger partial charge in [0.05, 0.1) is 11.6 Å². The number of hydrogen-bond acceptors (Lipinski definition) is 7. The van der Waals surface area contributed by atoms with Crippen molar-refractivity contribution >= 4 is 34.5 Å². The topological polar surface area (TPSA) is 100 Å². The van der Waals surface area contributed by atoms with Crippen LogP contribution in [0.5, 0.6) is 0 Å². The molecule has 0 spiro atoms. The van der Waals surface area contributed by atoms with E-state index >= 15 is 0 Å². The minimum Gasteiger partial charge on any atom is -0.351 e. The summed E-state index contributed by atoms with van der Waals surface area (Å²) in [6.07, 6.45) is 1.78. The van der Waals surface area contributed by atoms with Crippen molar-refractivity contribution in [1.29, 1.82) is 0 Å². The van der Waals surface area contributed by atoms with Crippen LogP contribution in [0.2, 0.25) is 0 Å². The van der Waals surface area contributed by atoms with Gasteiger partial charge in [-0.15, -0.1) is 5.10 Å². The fraction of sp³-hybridized carbons (Fsp3) is 0.308. The number of rotatable bonds is 4. The van der Waals surface area contributed by atoms with Crippen LogP contribution < -0.4 is 9.80 Å². The van der Waals surface area contributed by atoms with Gasteiger partial charge >= 0.3 is 0 Å². The lowest BCUT2D eigenvalue weighted by molar-refractivity contribution is -0.136. The molecule has 10 nitrogen and oxygen atoms in total. The molecule has 1 atom stereocenters. The Bertz CT molecular complexity index is 1410. The molecule has 36 heavy (non-hydrogen) atoms. The number of benzene rings is 2. The van der Waals surface area contributed by atoms with Crippen LogP contribution in [0, 0.1) is 12.8 Å². The van der Waals surface area contributed by atoms with Gasteiger partial charge in [0.2, 0.25) is 11.8 Å². The molecule has 0 aliphatic carbocycles. The summed E-state index contributed by atoms with van der Waals surface area (Å²) in [4.78, 5) is 40.5. The van der Waals surface area contributed by atoms with Crippen molar-refractivity contribution in [2.45, 2.75) is 13.3 Å². The van der Waals surface area contributed by atoms with Gasteiger partial charge in [-0.05, 0) is 31.2 Å². The Morgan fingerprint density at radius 3 is 2.42 bits per heavy atom. The molecular weight excluding hydrogens is 456 g/mol. The molecule has 0 N–H and O–H groups in total. The van der Waals surface area contributed by atoms with E-state index in [9.17, 15) is 9.59 Å². The molecule has 2 saturated heterocycles. The van der Waals surface area contributed by atoms with Crippen molar-refractivity contribution in [3.8, 4) is 5.69 Å². The predicted molar refractivity (Wildman–Crippen MR) is 135 cm³/mol. The first-order valence-corrected chi connectivity index (χ1v) is 12.1. The third-order valence-electron chi connectivity index (χ3n) is 6.93. The van der Waals surface area contributed by atoms with Crippen LogP contribution in [0.3, 0.4) is 0 Å². The summed E-state index contributed by atoms with van der Waals surface area (Å²) in [6, 6.07) is 17.6. The van der Waals surface area contributed by atoms with E-state index in [1.807, 2.05) is 66.4 Å². The standard InChI is InChI=1S/C26H26N8O2/c1-18-7-9-20(10-8-18)33-16-19(15-22(33)35)26(36)32-13-11-31(12-14-32)24-23-25(28-17-27-24)34(30-29-23)21-5-3-2-4-6-21/h2-10,17,19H,11-16H2,1H3/t19-/m1/s1. The van der Waals surface area contributed by atoms with Crippen molar-refractivity contribution in [2.24, 2.45) is 5.92 Å². The minimum absolute atomic E-state index is 0.000666. The molecule has 0 saturated carbocycles. The average Bonchev–Trinajstić information content (AvgIpc) is 3.53. The lowest BCUT2D eigenvalue weighted by Gasteiger charge is -2.36. The molecule has 2 aliphatic heterocycles. The zero-order valence-electron chi connectivity index (χ0n) is 20.0. The maximum absolute atomic E-state index is 13.3. The second kappa shape index (κ2) is 9.03. The normalized spacial score (nSPS) is 18.3. The third-order valence-corrected chi connectivity index (χ3v) is 6.93. The van der Waals surface area contributed by atoms with Crippen LogP contribution in [0.4, 0.5) is 11.5 Å². The average molecular weight is 483 g/mol. The van der Waals surface area contributed by atoms with Gasteiger partial charge in [-0.1, -0.05) is 41.1 Å². The number of nitrogens with zero attached hydrogens (tertiary/aromatic N) is 8. The number of para-hydroxylation sites is 1. The van der Waals surface area contributed by atoms with Crippen LogP contribution in [-0.2, 0) is 9.59 Å². The molecule has 10 heteroatoms. The summed E-state index contributed by atoms with van der Waals surface area (Å²) >= 11 is 0. The van der Waals surface area contributed by atoms with Gasteiger partial charge in [0.25, 0.3) is 0 Å². The lowest BCUT2D eigenvalue weighted by Crippen LogP contribution is -2.51. The highest BCUT2D eigenvalue weighted by Gasteiger charge is 2.38. The van der Waals surface area contributed by atoms with Gasteiger partial charge < -0.3 is 14.7 Å². The summed E-state index contributed by atoms with van der Waals surface area (Å²) in [7, 11) is 0. The number of fused-ring (bicyclic) bond motifs is 1. The van der Waals surface area contributed by atoms with Gasteiger partial charge in [-0.3, -0.25) is 9.59 Å². The molecule has 0 unspecified atom stereocenters. The Morgan fingerprint density at radius 1 is 0.917 bits per heavy atom. The first-order valence-electron chi connectivity index (χ1n) is 12.1. The van der Waals surface area contributed by atoms with E-state index in [0.717, 1.165) is 22.8 Å². The molecule has 2 aromatic carbocycles. The Balaban J connectivity index is 1.13. The zero-order valence-corrected chi connectivity index (χ0v) is 20.0. The van der Waals surface area contributed by atoms with Gasteiger partial charge in [0.1, 0.15) is 6.33 Å². The Hall–Kier alpha value is -4.34. The summed E-state index contributed by atoms with van der Waals surface area (Å²) in [5.74, 6) is 0.443. The first kappa shape index (κ1) is 22.1. The molecule has 182 valence electrons. The van der Waals surface area contributed by atoms with Crippen molar-refractivity contribution in [3.63, 3.8) is 0 Å². The number of carbonyl (C=O) groups excluding carboxylic acids is 2. The van der Waals surface area contributed by atoms with E-state index in [-0.39, 0.29) is 24.2 Å². The number of aromatic nitrogens is 5. The monoisotopic (exact) mass is 482 g/mol. The van der Waals surface area contributed by atoms with Crippen molar-refractivity contribution in [3.05, 3.63) is 66.5 Å². The highest BCUT2D eigenvalue weighted by Crippen LogP contribution is 2.28. The van der Waals surface area contributed by atoms with Crippen molar-refractivity contribution in [1.82, 2.24) is 29.9 Å². The van der Waals surface area contributed by atoms with Crippen molar-refractivity contribution in [2.75, 3.05) is 42.5 Å². The second-order valence-corrected chi connectivity index (χ2v) is 9.26. The number of aryl methyl sites for hydroxylation is 1. The maximum atomic E-state index is 13.3. The predicted octanol–water partition coefficient (Wildman–Crippen LogP) is 2.22. The zero-order chi connectivity index (χ0) is 24.6. The van der Waals surface area contributed by atoms with Crippen molar-refractivity contribution < 1.29 is 9.59 Å². The van der Waals surface area contributed by atoms with Crippen LogP contribution in [0.15, 0.2) is 60.9 Å². The van der Waals surface area contributed by atoms with Crippen LogP contribution in [0.25, 0.3) is 16.9 Å². The summed E-state index contributed by atoms with van der Waals surface area (Å²) < 4.78 is 1.71. The van der Waals surface area contributed by atoms with Crippen LogP contribution in [-0.4, -0.2) is 74.4 Å². The van der Waals surface area contributed by atoms with E-state index in [1.54, 1.807) is 9.58 Å². The smallest absolute Gasteiger partial charge is 0.228 e. The number of amides is 2. The van der Waals surface area contributed by atoms with E-state index in [4.69, 9.17) is 0 Å². The maximum Gasteiger partial charge on any atom is 0.228 e. The second-order valence-electron chi connectivity index (χ2n) is 9.26. The van der Waals surface area contributed by atoms with Gasteiger partial charge in [-0.25, -0.2) is 9.97 Å². The molecule has 2 fully saturated rings. The van der Waals surface area contributed by atoms with E-state index < -0.39 is 0 Å². The minimum atomic E-state index is -0.318. The molecule has 6 rings (SSSR count). The Kier molecular flexibility index (Phi) is 5.55. The number of piperazine rings is 1. The summed E-state index contributed by atoms with van der Waals surface area (Å²) in [6.45, 7) is 4.81. The van der Waals surface area contributed by atoms with Gasteiger partial charge in [-0.2, -0.15) is 4.68 Å². The quantitative estimate of drug-likeness (QED) is 0.440. The van der Waals surface area contributed by atoms with E-state index in [1.165, 1.54) is 6.33 Å². The van der Waals surface area contributed by atoms with Gasteiger partial charge in [0.15, 0.2) is 17.0 Å². The molecule has 2 aromatic heterocycles. The number of carbonyl (C=O) groups is 2. The molecular formula is C26H26N8O2. The summed E-state index contributed by atoms with van der Waals surface area (Å²) in [5, 5.41) is 8.66. The molecule has 4 heterocycles. The largest absolute Gasteiger partial charge is 0.351 e. The Morgan fingerprint density at radius 2 is 1.67 bits per heavy atom. The number of anilines is 2. The molecule has 4 aromatic rings. The molecule has 0 bridgehead atoms. The molecule has 0 radical (unpaired) electrons. The first-order chi connectivity index (χ1) is 17.6. The summed E-state index contributed by atoms with van der Waals surface area (Å²) in [5.41, 5.74) is 4.15. The van der Waals surface area contributed by atoms with Crippen LogP contribution >= 0.6 is 0 Å². The molecule has 2 aliphatic rings. The van der Waals surface area contributed by atoms with Gasteiger partial charge in [0, 0.05) is 44.8 Å². The highest BCUT2D eigenvalue weighted by molar-refractivity contribution is 6.00. The number of hydrogen-bond donors (Lipinski definition) is 0.